The van der Waals surface area contributed by atoms with Crippen LogP contribution < -0.4 is 5.32 Å². The number of hydrogen-bond acceptors (Lipinski definition) is 3. The number of aromatic hydroxyl groups is 1. The van der Waals surface area contributed by atoms with Crippen molar-refractivity contribution < 1.29 is 9.50 Å². The van der Waals surface area contributed by atoms with E-state index in [1.165, 1.54) is 12.1 Å². The lowest BCUT2D eigenvalue weighted by atomic mass is 10.2. The van der Waals surface area contributed by atoms with Gasteiger partial charge in [-0.25, -0.2) is 4.39 Å². The van der Waals surface area contributed by atoms with E-state index in [9.17, 15) is 4.39 Å². The zero-order chi connectivity index (χ0) is 9.97. The van der Waals surface area contributed by atoms with E-state index in [1.54, 1.807) is 17.8 Å². The highest BCUT2D eigenvalue weighted by atomic mass is 32.2. The van der Waals surface area contributed by atoms with Crippen LogP contribution in [0.1, 0.15) is 17.4 Å². The zero-order valence-electron chi connectivity index (χ0n) is 7.66. The second-order valence-corrected chi connectivity index (χ2v) is 4.48. The SMILES string of the molecule is Oc1ccc(C2NCCCS2)cc1F. The van der Waals surface area contributed by atoms with Crippen LogP contribution in [0.25, 0.3) is 0 Å². The van der Waals surface area contributed by atoms with Gasteiger partial charge in [-0.1, -0.05) is 6.07 Å². The summed E-state index contributed by atoms with van der Waals surface area (Å²) in [5.41, 5.74) is 0.894. The van der Waals surface area contributed by atoms with E-state index in [2.05, 4.69) is 5.32 Å². The van der Waals surface area contributed by atoms with E-state index in [1.807, 2.05) is 0 Å². The van der Waals surface area contributed by atoms with E-state index in [0.29, 0.717) is 0 Å². The molecule has 0 aliphatic carbocycles. The summed E-state index contributed by atoms with van der Waals surface area (Å²) >= 11 is 1.77. The molecule has 2 rings (SSSR count). The fraction of sp³-hybridized carbons (Fsp3) is 0.400. The average molecular weight is 213 g/mol. The van der Waals surface area contributed by atoms with Crippen molar-refractivity contribution in [3.63, 3.8) is 0 Å². The molecular weight excluding hydrogens is 201 g/mol. The Morgan fingerprint density at radius 1 is 1.50 bits per heavy atom. The van der Waals surface area contributed by atoms with Gasteiger partial charge in [0, 0.05) is 0 Å². The molecule has 14 heavy (non-hydrogen) atoms. The van der Waals surface area contributed by atoms with Crippen molar-refractivity contribution in [2.24, 2.45) is 0 Å². The third kappa shape index (κ3) is 2.01. The first-order valence-electron chi connectivity index (χ1n) is 4.61. The van der Waals surface area contributed by atoms with Crippen LogP contribution in [-0.4, -0.2) is 17.4 Å². The van der Waals surface area contributed by atoms with E-state index in [-0.39, 0.29) is 11.1 Å². The van der Waals surface area contributed by atoms with Crippen LogP contribution in [0.2, 0.25) is 0 Å². The number of nitrogens with one attached hydrogen (secondary N) is 1. The first kappa shape index (κ1) is 9.80. The van der Waals surface area contributed by atoms with Gasteiger partial charge in [0.05, 0.1) is 5.37 Å². The predicted molar refractivity (Wildman–Crippen MR) is 55.9 cm³/mol. The van der Waals surface area contributed by atoms with Crippen LogP contribution in [0, 0.1) is 5.82 Å². The average Bonchev–Trinajstić information content (AvgIpc) is 2.23. The predicted octanol–water partition coefficient (Wildman–Crippen LogP) is 2.26. The molecule has 0 spiro atoms. The quantitative estimate of drug-likeness (QED) is 0.750. The Kier molecular flexibility index (Phi) is 2.93. The molecular formula is C10H12FNOS. The van der Waals surface area contributed by atoms with Crippen molar-refractivity contribution >= 4 is 11.8 Å². The van der Waals surface area contributed by atoms with Gasteiger partial charge in [0.15, 0.2) is 11.6 Å². The molecule has 2 nitrogen and oxygen atoms in total. The highest BCUT2D eigenvalue weighted by Gasteiger charge is 2.16. The molecule has 1 aromatic carbocycles. The summed E-state index contributed by atoms with van der Waals surface area (Å²) in [5.74, 6) is 0.269. The number of thioether (sulfide) groups is 1. The monoisotopic (exact) mass is 213 g/mol. The first-order chi connectivity index (χ1) is 6.77. The third-order valence-corrected chi connectivity index (χ3v) is 3.51. The Labute approximate surface area is 86.5 Å². The maximum atomic E-state index is 13.0. The molecule has 0 radical (unpaired) electrons. The van der Waals surface area contributed by atoms with E-state index < -0.39 is 5.82 Å². The number of hydrogen-bond donors (Lipinski definition) is 2. The number of rotatable bonds is 1. The molecule has 1 heterocycles. The Balaban J connectivity index is 2.18. The smallest absolute Gasteiger partial charge is 0.165 e. The Hall–Kier alpha value is -0.740. The molecule has 1 atom stereocenters. The maximum Gasteiger partial charge on any atom is 0.165 e. The van der Waals surface area contributed by atoms with Gasteiger partial charge in [0.1, 0.15) is 0 Å². The van der Waals surface area contributed by atoms with Crippen molar-refractivity contribution in [3.8, 4) is 5.75 Å². The van der Waals surface area contributed by atoms with E-state index in [0.717, 1.165) is 24.3 Å². The standard InChI is InChI=1S/C10H12FNOS/c11-8-6-7(2-3-9(8)13)10-12-4-1-5-14-10/h2-3,6,10,12-13H,1,4-5H2. The molecule has 0 amide bonds. The molecule has 4 heteroatoms. The summed E-state index contributed by atoms with van der Waals surface area (Å²) in [6.07, 6.45) is 1.15. The van der Waals surface area contributed by atoms with Gasteiger partial charge >= 0.3 is 0 Å². The van der Waals surface area contributed by atoms with Gasteiger partial charge in [-0.05, 0) is 36.4 Å². The second-order valence-electron chi connectivity index (χ2n) is 3.27. The highest BCUT2D eigenvalue weighted by Crippen LogP contribution is 2.31. The lowest BCUT2D eigenvalue weighted by Gasteiger charge is -2.23. The zero-order valence-corrected chi connectivity index (χ0v) is 8.48. The number of phenols is 1. The number of phenolic OH excluding ortho intramolecular Hbond substituents is 1. The molecule has 2 N–H and O–H groups in total. The molecule has 1 saturated heterocycles. The fourth-order valence-electron chi connectivity index (χ4n) is 1.47. The van der Waals surface area contributed by atoms with Gasteiger partial charge < -0.3 is 10.4 Å². The molecule has 1 aromatic rings. The lowest BCUT2D eigenvalue weighted by Crippen LogP contribution is -2.25. The van der Waals surface area contributed by atoms with Crippen molar-refractivity contribution in [2.75, 3.05) is 12.3 Å². The van der Waals surface area contributed by atoms with Crippen LogP contribution in [0.15, 0.2) is 18.2 Å². The van der Waals surface area contributed by atoms with Gasteiger partial charge in [0.25, 0.3) is 0 Å². The van der Waals surface area contributed by atoms with Gasteiger partial charge in [0.2, 0.25) is 0 Å². The summed E-state index contributed by atoms with van der Waals surface area (Å²) in [7, 11) is 0. The van der Waals surface area contributed by atoms with Crippen molar-refractivity contribution in [2.45, 2.75) is 11.8 Å². The van der Waals surface area contributed by atoms with Crippen molar-refractivity contribution in [1.29, 1.82) is 0 Å². The summed E-state index contributed by atoms with van der Waals surface area (Å²) in [4.78, 5) is 0. The molecule has 0 aromatic heterocycles. The van der Waals surface area contributed by atoms with Crippen LogP contribution in [0.5, 0.6) is 5.75 Å². The highest BCUT2D eigenvalue weighted by molar-refractivity contribution is 7.99. The summed E-state index contributed by atoms with van der Waals surface area (Å²) in [5, 5.41) is 12.5. The van der Waals surface area contributed by atoms with Gasteiger partial charge in [-0.3, -0.25) is 0 Å². The Morgan fingerprint density at radius 2 is 2.36 bits per heavy atom. The third-order valence-electron chi connectivity index (χ3n) is 2.21. The minimum absolute atomic E-state index is 0.166. The Bertz CT molecular complexity index is 326. The summed E-state index contributed by atoms with van der Waals surface area (Å²) in [6.45, 7) is 0.972. The second kappa shape index (κ2) is 4.19. The molecule has 76 valence electrons. The van der Waals surface area contributed by atoms with Crippen LogP contribution in [0.3, 0.4) is 0 Å². The minimum atomic E-state index is -0.546. The van der Waals surface area contributed by atoms with Crippen LogP contribution in [-0.2, 0) is 0 Å². The number of benzene rings is 1. The fourth-order valence-corrected chi connectivity index (χ4v) is 2.59. The molecule has 1 unspecified atom stereocenters. The van der Waals surface area contributed by atoms with E-state index in [4.69, 9.17) is 5.11 Å². The normalized spacial score (nSPS) is 22.2. The number of halogens is 1. The first-order valence-corrected chi connectivity index (χ1v) is 5.65. The molecule has 0 bridgehead atoms. The molecule has 1 fully saturated rings. The van der Waals surface area contributed by atoms with Crippen LogP contribution >= 0.6 is 11.8 Å². The summed E-state index contributed by atoms with van der Waals surface area (Å²) in [6, 6.07) is 4.56. The van der Waals surface area contributed by atoms with Crippen molar-refractivity contribution in [1.82, 2.24) is 5.32 Å². The largest absolute Gasteiger partial charge is 0.505 e. The molecule has 1 aliphatic rings. The minimum Gasteiger partial charge on any atom is -0.505 e. The van der Waals surface area contributed by atoms with Gasteiger partial charge in [-0.2, -0.15) is 0 Å². The maximum absolute atomic E-state index is 13.0. The topological polar surface area (TPSA) is 32.3 Å². The van der Waals surface area contributed by atoms with Crippen molar-refractivity contribution in [3.05, 3.63) is 29.6 Å². The molecule has 0 saturated carbocycles. The lowest BCUT2D eigenvalue weighted by molar-refractivity contribution is 0.431. The van der Waals surface area contributed by atoms with Crippen LogP contribution in [0.4, 0.5) is 4.39 Å². The van der Waals surface area contributed by atoms with Gasteiger partial charge in [-0.15, -0.1) is 11.8 Å². The molecule has 1 aliphatic heterocycles. The Morgan fingerprint density at radius 3 is 3.00 bits per heavy atom. The van der Waals surface area contributed by atoms with E-state index >= 15 is 0 Å². The summed E-state index contributed by atoms with van der Waals surface area (Å²) < 4.78 is 13.0.